The van der Waals surface area contributed by atoms with E-state index in [0.717, 1.165) is 22.7 Å². The molecule has 0 aliphatic rings. The molecular formula is C33H34IN2O3P. The molecule has 7 heteroatoms. The predicted molar refractivity (Wildman–Crippen MR) is 162 cm³/mol. The van der Waals surface area contributed by atoms with E-state index < -0.39 is 19.0 Å². The number of para-hydroxylation sites is 2. The molecule has 0 fully saturated rings. The van der Waals surface area contributed by atoms with Gasteiger partial charge < -0.3 is 28.7 Å². The molecule has 0 aliphatic carbocycles. The van der Waals surface area contributed by atoms with Gasteiger partial charge in [-0.15, -0.1) is 0 Å². The monoisotopic (exact) mass is 664 g/mol. The highest BCUT2D eigenvalue weighted by atomic mass is 127. The molecule has 0 aliphatic heterocycles. The molecular weight excluding hydrogens is 630 g/mol. The quantitative estimate of drug-likeness (QED) is 0.199. The third-order valence-corrected chi connectivity index (χ3v) is 11.4. The summed E-state index contributed by atoms with van der Waals surface area (Å²) in [7, 11) is -2.02. The van der Waals surface area contributed by atoms with E-state index in [-0.39, 0.29) is 29.7 Å². The second kappa shape index (κ2) is 12.5. The van der Waals surface area contributed by atoms with Gasteiger partial charge in [0.25, 0.3) is 0 Å². The van der Waals surface area contributed by atoms with E-state index >= 15 is 0 Å². The van der Waals surface area contributed by atoms with Crippen molar-refractivity contribution in [2.24, 2.45) is 0 Å². The topological polar surface area (TPSA) is 53.2 Å². The van der Waals surface area contributed by atoms with Crippen LogP contribution in [0, 0.1) is 0 Å². The lowest BCUT2D eigenvalue weighted by Gasteiger charge is -2.27. The zero-order chi connectivity index (χ0) is 27.5. The standard InChI is InChI=1S/C33H34N2O3P.HI/c1-33(2,3)38-32(37)35-30-23-14-13-22-29(30)34(31(35)36)24-15-25-39(26-16-7-4-8-17-26,27-18-9-5-10-19-27)28-20-11-6-12-21-28;/h4-14,16-23H,15,24-25H2,1-3H3;1H/q+1;/p-1. The van der Waals surface area contributed by atoms with Crippen molar-refractivity contribution in [1.82, 2.24) is 9.13 Å². The minimum atomic E-state index is -2.02. The Balaban J connectivity index is 0.00000370. The molecule has 0 saturated heterocycles. The van der Waals surface area contributed by atoms with Crippen LogP contribution in [0.2, 0.25) is 0 Å². The van der Waals surface area contributed by atoms with Crippen LogP contribution in [0.25, 0.3) is 11.0 Å². The van der Waals surface area contributed by atoms with E-state index in [4.69, 9.17) is 4.74 Å². The number of halogens is 1. The summed E-state index contributed by atoms with van der Waals surface area (Å²) in [5, 5.41) is 3.93. The van der Waals surface area contributed by atoms with Gasteiger partial charge >= 0.3 is 11.8 Å². The summed E-state index contributed by atoms with van der Waals surface area (Å²) in [5.74, 6) is 0. The van der Waals surface area contributed by atoms with Crippen LogP contribution in [0.4, 0.5) is 4.79 Å². The van der Waals surface area contributed by atoms with Gasteiger partial charge in [0.2, 0.25) is 0 Å². The lowest BCUT2D eigenvalue weighted by Crippen LogP contribution is -3.00. The first kappa shape index (κ1) is 29.8. The van der Waals surface area contributed by atoms with Crippen LogP contribution in [-0.2, 0) is 11.3 Å². The zero-order valence-electron chi connectivity index (χ0n) is 23.0. The number of fused-ring (bicyclic) bond motifs is 1. The Morgan fingerprint density at radius 3 is 1.57 bits per heavy atom. The molecule has 0 spiro atoms. The molecule has 40 heavy (non-hydrogen) atoms. The highest BCUT2D eigenvalue weighted by Gasteiger charge is 2.44. The van der Waals surface area contributed by atoms with Crippen LogP contribution in [0.3, 0.4) is 0 Å². The Bertz CT molecular complexity index is 1530. The van der Waals surface area contributed by atoms with Gasteiger partial charge in [0.05, 0.1) is 17.2 Å². The van der Waals surface area contributed by atoms with Crippen LogP contribution in [0.15, 0.2) is 120 Å². The minimum absolute atomic E-state index is 0. The molecule has 5 rings (SSSR count). The summed E-state index contributed by atoms with van der Waals surface area (Å²) in [6, 6.07) is 39.6. The first-order valence-electron chi connectivity index (χ1n) is 13.3. The molecule has 5 aromatic rings. The number of rotatable bonds is 7. The molecule has 1 heterocycles. The maximum absolute atomic E-state index is 13.6. The summed E-state index contributed by atoms with van der Waals surface area (Å²) in [5.41, 5.74) is 0.224. The van der Waals surface area contributed by atoms with E-state index in [1.165, 1.54) is 15.9 Å². The van der Waals surface area contributed by atoms with E-state index in [2.05, 4.69) is 91.0 Å². The van der Waals surface area contributed by atoms with Crippen molar-refractivity contribution in [2.45, 2.75) is 39.3 Å². The number of aryl methyl sites for hydroxylation is 1. The predicted octanol–water partition coefficient (Wildman–Crippen LogP) is 2.97. The summed E-state index contributed by atoms with van der Waals surface area (Å²) >= 11 is 0. The largest absolute Gasteiger partial charge is 1.00 e. The van der Waals surface area contributed by atoms with Crippen molar-refractivity contribution in [3.63, 3.8) is 0 Å². The number of hydrogen-bond donors (Lipinski definition) is 0. The molecule has 0 unspecified atom stereocenters. The lowest BCUT2D eigenvalue weighted by molar-refractivity contribution is -0.0000292. The molecule has 4 aromatic carbocycles. The molecule has 5 nitrogen and oxygen atoms in total. The molecule has 0 bridgehead atoms. The van der Waals surface area contributed by atoms with Gasteiger partial charge in [-0.25, -0.2) is 9.59 Å². The maximum Gasteiger partial charge on any atom is 0.423 e. The average molecular weight is 665 g/mol. The van der Waals surface area contributed by atoms with E-state index in [1.807, 2.05) is 18.2 Å². The first-order valence-corrected chi connectivity index (χ1v) is 15.3. The van der Waals surface area contributed by atoms with Gasteiger partial charge in [-0.2, -0.15) is 4.57 Å². The van der Waals surface area contributed by atoms with Crippen molar-refractivity contribution in [3.8, 4) is 0 Å². The number of carbonyl (C=O) groups excluding carboxylic acids is 1. The van der Waals surface area contributed by atoms with E-state index in [9.17, 15) is 9.59 Å². The van der Waals surface area contributed by atoms with Crippen molar-refractivity contribution in [2.75, 3.05) is 6.16 Å². The number of nitrogens with zero attached hydrogens (tertiary/aromatic N) is 2. The highest BCUT2D eigenvalue weighted by molar-refractivity contribution is 7.95. The summed E-state index contributed by atoms with van der Waals surface area (Å²) in [6.45, 7) is 5.89. The van der Waals surface area contributed by atoms with E-state index in [0.29, 0.717) is 12.1 Å². The fourth-order valence-electron chi connectivity index (χ4n) is 5.26. The molecule has 0 amide bonds. The van der Waals surface area contributed by atoms with Crippen molar-refractivity contribution in [3.05, 3.63) is 126 Å². The van der Waals surface area contributed by atoms with Crippen LogP contribution in [0.1, 0.15) is 27.2 Å². The summed E-state index contributed by atoms with van der Waals surface area (Å²) in [6.07, 6.45) is 0.986. The lowest BCUT2D eigenvalue weighted by atomic mass is 10.2. The third kappa shape index (κ3) is 5.93. The van der Waals surface area contributed by atoms with Crippen molar-refractivity contribution >= 4 is 40.3 Å². The highest BCUT2D eigenvalue weighted by Crippen LogP contribution is 2.55. The van der Waals surface area contributed by atoms with Crippen LogP contribution < -0.4 is 45.6 Å². The second-order valence-electron chi connectivity index (χ2n) is 10.6. The van der Waals surface area contributed by atoms with E-state index in [1.54, 1.807) is 31.4 Å². The first-order chi connectivity index (χ1) is 18.8. The molecule has 0 saturated carbocycles. The van der Waals surface area contributed by atoms with Gasteiger partial charge in [-0.05, 0) is 69.3 Å². The normalized spacial score (nSPS) is 11.7. The van der Waals surface area contributed by atoms with Crippen LogP contribution in [-0.4, -0.2) is 27.0 Å². The fourth-order valence-corrected chi connectivity index (χ4v) is 9.58. The zero-order valence-corrected chi connectivity index (χ0v) is 26.1. The van der Waals surface area contributed by atoms with Crippen LogP contribution in [0.5, 0.6) is 0 Å². The average Bonchev–Trinajstić information content (AvgIpc) is 3.23. The number of ether oxygens (including phenoxy) is 1. The smallest absolute Gasteiger partial charge is 0.423 e. The minimum Gasteiger partial charge on any atom is -1.00 e. The van der Waals surface area contributed by atoms with Gasteiger partial charge in [-0.3, -0.25) is 4.57 Å². The molecule has 206 valence electrons. The number of carbonyl (C=O) groups is 1. The molecule has 0 radical (unpaired) electrons. The van der Waals surface area contributed by atoms with Gasteiger partial charge in [-0.1, -0.05) is 66.7 Å². The summed E-state index contributed by atoms with van der Waals surface area (Å²) in [4.78, 5) is 26.6. The third-order valence-electron chi connectivity index (χ3n) is 6.88. The Hall–Kier alpha value is -3.22. The van der Waals surface area contributed by atoms with Crippen molar-refractivity contribution < 1.29 is 33.5 Å². The number of benzene rings is 4. The Kier molecular flexibility index (Phi) is 9.32. The Morgan fingerprint density at radius 1 is 0.700 bits per heavy atom. The van der Waals surface area contributed by atoms with Gasteiger partial charge in [0.15, 0.2) is 0 Å². The Labute approximate surface area is 253 Å². The second-order valence-corrected chi connectivity index (χ2v) is 14.2. The van der Waals surface area contributed by atoms with Gasteiger partial charge in [0, 0.05) is 13.0 Å². The number of hydrogen-bond acceptors (Lipinski definition) is 3. The SMILES string of the molecule is CC(C)(C)OC(=O)n1c(=O)n(CCC[P+](c2ccccc2)(c2ccccc2)c2ccccc2)c2ccccc21.[I-]. The molecule has 0 N–H and O–H groups in total. The summed E-state index contributed by atoms with van der Waals surface area (Å²) < 4.78 is 8.45. The maximum atomic E-state index is 13.6. The van der Waals surface area contributed by atoms with Gasteiger partial charge in [0.1, 0.15) is 28.8 Å². The number of imidazole rings is 1. The van der Waals surface area contributed by atoms with Crippen LogP contribution >= 0.6 is 7.26 Å². The molecule has 0 atom stereocenters. The fraction of sp³-hybridized carbons (Fsp3) is 0.212. The van der Waals surface area contributed by atoms with Crippen molar-refractivity contribution in [1.29, 1.82) is 0 Å². The number of aromatic nitrogens is 2. The Morgan fingerprint density at radius 2 is 1.12 bits per heavy atom. The molecule has 1 aromatic heterocycles.